The van der Waals surface area contributed by atoms with E-state index in [4.69, 9.17) is 11.6 Å². The number of nitrogens with zero attached hydrogens (tertiary/aromatic N) is 1. The number of aromatic nitrogens is 1. The molecule has 2 aromatic heterocycles. The van der Waals surface area contributed by atoms with Crippen molar-refractivity contribution in [3.05, 3.63) is 28.9 Å². The van der Waals surface area contributed by atoms with Gasteiger partial charge in [0.25, 0.3) is 0 Å². The third kappa shape index (κ3) is 0.805. The summed E-state index contributed by atoms with van der Waals surface area (Å²) in [7, 11) is 0. The van der Waals surface area contributed by atoms with E-state index in [9.17, 15) is 0 Å². The molecule has 3 heteroatoms. The van der Waals surface area contributed by atoms with E-state index >= 15 is 0 Å². The van der Waals surface area contributed by atoms with Gasteiger partial charge in [0, 0.05) is 11.6 Å². The van der Waals surface area contributed by atoms with Crippen LogP contribution in [0.5, 0.6) is 0 Å². The minimum atomic E-state index is 0.712. The first kappa shape index (κ1) is 6.13. The number of rotatable bonds is 0. The summed E-state index contributed by atoms with van der Waals surface area (Å²) in [4.78, 5) is 3.83. The van der Waals surface area contributed by atoms with Crippen molar-refractivity contribution in [3.8, 4) is 0 Å². The van der Waals surface area contributed by atoms with Gasteiger partial charge in [0.05, 0.1) is 15.9 Å². The summed E-state index contributed by atoms with van der Waals surface area (Å²) in [6.45, 7) is 0. The van der Waals surface area contributed by atoms with Crippen molar-refractivity contribution in [2.75, 3.05) is 0 Å². The fraction of sp³-hybridized carbons (Fsp3) is 0. The first-order valence-electron chi connectivity index (χ1n) is 2.77. The molecule has 2 rings (SSSR count). The molecule has 0 aliphatic carbocycles. The lowest BCUT2D eigenvalue weighted by Gasteiger charge is -1.87. The van der Waals surface area contributed by atoms with Crippen LogP contribution < -0.4 is 0 Å². The molecular weight excluding hydrogens is 166 g/mol. The number of hydrogen-bond donors (Lipinski definition) is 0. The molecule has 0 amide bonds. The molecule has 1 nitrogen and oxygen atoms in total. The number of thiophene rings is 1. The lowest BCUT2D eigenvalue weighted by molar-refractivity contribution is 1.35. The molecule has 0 aliphatic rings. The average molecular weight is 169 g/mol. The van der Waals surface area contributed by atoms with Crippen LogP contribution in [0.15, 0.2) is 17.6 Å². The Morgan fingerprint density at radius 3 is 3.30 bits per heavy atom. The Labute approximate surface area is 67.3 Å². The van der Waals surface area contributed by atoms with Gasteiger partial charge < -0.3 is 0 Å². The molecule has 1 radical (unpaired) electrons. The van der Waals surface area contributed by atoms with Gasteiger partial charge in [-0.15, -0.1) is 11.3 Å². The van der Waals surface area contributed by atoms with Crippen LogP contribution in [0.3, 0.4) is 0 Å². The normalized spacial score (nSPS) is 10.5. The van der Waals surface area contributed by atoms with Crippen molar-refractivity contribution in [2.24, 2.45) is 0 Å². The average Bonchev–Trinajstić information content (AvgIpc) is 2.36. The Morgan fingerprint density at radius 2 is 2.50 bits per heavy atom. The van der Waals surface area contributed by atoms with Gasteiger partial charge in [0.2, 0.25) is 0 Å². The highest BCUT2D eigenvalue weighted by molar-refractivity contribution is 7.17. The van der Waals surface area contributed by atoms with Gasteiger partial charge in [-0.2, -0.15) is 0 Å². The highest BCUT2D eigenvalue weighted by atomic mass is 35.5. The maximum Gasteiger partial charge on any atom is 0.0980 e. The Bertz CT molecular complexity index is 355. The smallest absolute Gasteiger partial charge is 0.0980 e. The largest absolute Gasteiger partial charge is 0.252 e. The fourth-order valence-corrected chi connectivity index (χ4v) is 1.83. The van der Waals surface area contributed by atoms with Crippen LogP contribution in [-0.4, -0.2) is 4.98 Å². The van der Waals surface area contributed by atoms with E-state index < -0.39 is 0 Å². The number of halogens is 1. The molecular formula is C7H3ClNS. The molecule has 0 atom stereocenters. The lowest BCUT2D eigenvalue weighted by atomic mass is 10.3. The first-order valence-corrected chi connectivity index (χ1v) is 4.03. The predicted octanol–water partition coefficient (Wildman–Crippen LogP) is 2.75. The minimum Gasteiger partial charge on any atom is -0.252 e. The van der Waals surface area contributed by atoms with Gasteiger partial charge in [-0.05, 0) is 11.4 Å². The standard InChI is InChI=1S/C7H3ClNS/c8-6-4-9-3-5-1-2-10-7(5)6/h1-2,4H. The molecule has 0 spiro atoms. The molecule has 2 aromatic rings. The SMILES string of the molecule is Clc1cn[c]c2ccsc12. The molecule has 0 saturated carbocycles. The summed E-state index contributed by atoms with van der Waals surface area (Å²) in [5, 5.41) is 3.69. The van der Waals surface area contributed by atoms with Crippen molar-refractivity contribution in [2.45, 2.75) is 0 Å². The van der Waals surface area contributed by atoms with Gasteiger partial charge in [0.15, 0.2) is 0 Å². The molecule has 0 aliphatic heterocycles. The van der Waals surface area contributed by atoms with Crippen LogP contribution in [0.4, 0.5) is 0 Å². The fourth-order valence-electron chi connectivity index (χ4n) is 0.799. The number of fused-ring (bicyclic) bond motifs is 1. The lowest BCUT2D eigenvalue weighted by Crippen LogP contribution is -1.69. The summed E-state index contributed by atoms with van der Waals surface area (Å²) in [5.74, 6) is 0. The maximum absolute atomic E-state index is 5.83. The zero-order valence-electron chi connectivity index (χ0n) is 4.97. The van der Waals surface area contributed by atoms with E-state index in [-0.39, 0.29) is 0 Å². The van der Waals surface area contributed by atoms with E-state index in [0.29, 0.717) is 5.02 Å². The first-order chi connectivity index (χ1) is 4.88. The van der Waals surface area contributed by atoms with Crippen molar-refractivity contribution in [3.63, 3.8) is 0 Å². The molecule has 0 fully saturated rings. The van der Waals surface area contributed by atoms with Crippen molar-refractivity contribution in [1.82, 2.24) is 4.98 Å². The highest BCUT2D eigenvalue weighted by Crippen LogP contribution is 2.26. The zero-order chi connectivity index (χ0) is 6.97. The topological polar surface area (TPSA) is 12.9 Å². The Morgan fingerprint density at radius 1 is 1.60 bits per heavy atom. The Balaban J connectivity index is 2.95. The molecule has 10 heavy (non-hydrogen) atoms. The second-order valence-corrected chi connectivity index (χ2v) is 3.20. The summed E-state index contributed by atoms with van der Waals surface area (Å²) in [5.41, 5.74) is 0. The minimum absolute atomic E-state index is 0.712. The van der Waals surface area contributed by atoms with E-state index in [1.165, 1.54) is 0 Å². The molecule has 0 saturated heterocycles. The predicted molar refractivity (Wildman–Crippen MR) is 43.5 cm³/mol. The summed E-state index contributed by atoms with van der Waals surface area (Å²) >= 11 is 7.44. The van der Waals surface area contributed by atoms with E-state index in [1.807, 2.05) is 11.4 Å². The molecule has 0 aromatic carbocycles. The third-order valence-electron chi connectivity index (χ3n) is 1.25. The van der Waals surface area contributed by atoms with Crippen LogP contribution in [0, 0.1) is 6.20 Å². The summed E-state index contributed by atoms with van der Waals surface area (Å²) in [6, 6.07) is 1.96. The summed E-state index contributed by atoms with van der Waals surface area (Å²) < 4.78 is 1.07. The van der Waals surface area contributed by atoms with E-state index in [2.05, 4.69) is 11.2 Å². The third-order valence-corrected chi connectivity index (χ3v) is 2.59. The number of pyridine rings is 1. The van der Waals surface area contributed by atoms with Gasteiger partial charge in [-0.25, -0.2) is 0 Å². The van der Waals surface area contributed by atoms with Gasteiger partial charge in [0.1, 0.15) is 0 Å². The monoisotopic (exact) mass is 168 g/mol. The molecule has 0 unspecified atom stereocenters. The van der Waals surface area contributed by atoms with Crippen LogP contribution in [0.25, 0.3) is 10.1 Å². The van der Waals surface area contributed by atoms with Crippen molar-refractivity contribution in [1.29, 1.82) is 0 Å². The molecule has 0 N–H and O–H groups in total. The quantitative estimate of drug-likeness (QED) is 0.590. The van der Waals surface area contributed by atoms with E-state index in [0.717, 1.165) is 10.1 Å². The molecule has 2 heterocycles. The second-order valence-electron chi connectivity index (χ2n) is 1.88. The van der Waals surface area contributed by atoms with Crippen LogP contribution in [0.1, 0.15) is 0 Å². The molecule has 49 valence electrons. The second kappa shape index (κ2) is 2.22. The van der Waals surface area contributed by atoms with Gasteiger partial charge >= 0.3 is 0 Å². The zero-order valence-corrected chi connectivity index (χ0v) is 6.54. The van der Waals surface area contributed by atoms with Gasteiger partial charge in [-0.1, -0.05) is 11.6 Å². The molecule has 0 bridgehead atoms. The Hall–Kier alpha value is -0.600. The Kier molecular flexibility index (Phi) is 1.36. The van der Waals surface area contributed by atoms with Crippen LogP contribution >= 0.6 is 22.9 Å². The highest BCUT2D eigenvalue weighted by Gasteiger charge is 1.98. The van der Waals surface area contributed by atoms with Crippen molar-refractivity contribution < 1.29 is 0 Å². The van der Waals surface area contributed by atoms with Crippen molar-refractivity contribution >= 4 is 33.0 Å². The van der Waals surface area contributed by atoms with E-state index in [1.54, 1.807) is 17.5 Å². The van der Waals surface area contributed by atoms with Crippen LogP contribution in [-0.2, 0) is 0 Å². The maximum atomic E-state index is 5.83. The van der Waals surface area contributed by atoms with Crippen LogP contribution in [0.2, 0.25) is 5.02 Å². The number of hydrogen-bond acceptors (Lipinski definition) is 2. The summed E-state index contributed by atoms with van der Waals surface area (Å²) in [6.07, 6.45) is 4.46. The van der Waals surface area contributed by atoms with Gasteiger partial charge in [-0.3, -0.25) is 4.98 Å².